The van der Waals surface area contributed by atoms with E-state index in [0.29, 0.717) is 12.8 Å². The fourth-order valence-electron chi connectivity index (χ4n) is 2.31. The zero-order valence-corrected chi connectivity index (χ0v) is 22.6. The Morgan fingerprint density at radius 3 is 1.27 bits per heavy atom. The average molecular weight is 680 g/mol. The summed E-state index contributed by atoms with van der Waals surface area (Å²) in [5.74, 6) is -4.99. The van der Waals surface area contributed by atoms with Gasteiger partial charge in [0.1, 0.15) is 11.5 Å². The van der Waals surface area contributed by atoms with Crippen molar-refractivity contribution in [1.82, 2.24) is 0 Å². The molecule has 33 heavy (non-hydrogen) atoms. The summed E-state index contributed by atoms with van der Waals surface area (Å²) in [7, 11) is -22.9. The van der Waals surface area contributed by atoms with Crippen LogP contribution >= 0.6 is 59.6 Å². The maximum atomic E-state index is 12.0. The minimum Gasteiger partial charge on any atom is -0.286 e. The maximum absolute atomic E-state index is 12.0. The number of hydrogen-bond acceptors (Lipinski definition) is 2. The van der Waals surface area contributed by atoms with E-state index in [1.54, 1.807) is 0 Å². The van der Waals surface area contributed by atoms with Gasteiger partial charge in [0, 0.05) is 5.33 Å². The zero-order valence-electron chi connectivity index (χ0n) is 17.0. The van der Waals surface area contributed by atoms with Crippen LogP contribution in [0, 0.1) is 0 Å². The Hall–Kier alpha value is 0.970. The highest BCUT2D eigenvalue weighted by molar-refractivity contribution is 9.09. The predicted octanol–water partition coefficient (Wildman–Crippen LogP) is 10.2. The summed E-state index contributed by atoms with van der Waals surface area (Å²) < 4.78 is 149. The molecule has 0 aromatic carbocycles. The Morgan fingerprint density at radius 2 is 1.00 bits per heavy atom. The highest BCUT2D eigenvalue weighted by Crippen LogP contribution is 2.98. The van der Waals surface area contributed by atoms with Gasteiger partial charge >= 0.3 is 0 Å². The Morgan fingerprint density at radius 1 is 0.667 bits per heavy atom. The van der Waals surface area contributed by atoms with Gasteiger partial charge in [-0.2, -0.15) is 8.42 Å². The summed E-state index contributed by atoms with van der Waals surface area (Å²) in [6.07, 6.45) is 1.92. The van der Waals surface area contributed by atoms with Crippen LogP contribution in [0.25, 0.3) is 0 Å². The zero-order chi connectivity index (χ0) is 27.0. The third kappa shape index (κ3) is 35.2. The molecule has 0 aliphatic rings. The minimum atomic E-state index is -9.48. The SMILES string of the molecule is FS(F)(F)(F)(F)CC(Cl)CCCCCBr.O=S(=O)(O)CCCCCC(Cl)CS(F)(F)(F)(F)F. The second-order valence-corrected chi connectivity index (χ2v) is 16.2. The number of unbranched alkanes of at least 4 members (excludes halogenated alkanes) is 4. The molecule has 0 spiro atoms. The van der Waals surface area contributed by atoms with E-state index in [1.807, 2.05) is 0 Å². The molecule has 0 aromatic rings. The lowest BCUT2D eigenvalue weighted by atomic mass is 10.2. The van der Waals surface area contributed by atoms with Crippen molar-refractivity contribution in [2.45, 2.75) is 62.1 Å². The second kappa shape index (κ2) is 11.2. The summed E-state index contributed by atoms with van der Waals surface area (Å²) in [6, 6.07) is 0. The Bertz CT molecular complexity index is 706. The van der Waals surface area contributed by atoms with E-state index in [0.717, 1.165) is 11.8 Å². The molecule has 0 rings (SSSR count). The average Bonchev–Trinajstić information content (AvgIpc) is 2.44. The van der Waals surface area contributed by atoms with Crippen LogP contribution in [0.5, 0.6) is 0 Å². The van der Waals surface area contributed by atoms with Crippen LogP contribution in [0.1, 0.15) is 51.4 Å². The first-order valence-electron chi connectivity index (χ1n) is 9.26. The smallest absolute Gasteiger partial charge is 0.286 e. The van der Waals surface area contributed by atoms with Crippen molar-refractivity contribution >= 4 is 69.7 Å². The van der Waals surface area contributed by atoms with Gasteiger partial charge in [-0.25, -0.2) is 0 Å². The van der Waals surface area contributed by atoms with Crippen molar-refractivity contribution in [3.63, 3.8) is 0 Å². The predicted molar refractivity (Wildman–Crippen MR) is 122 cm³/mol. The molecule has 1 N–H and O–H groups in total. The van der Waals surface area contributed by atoms with Crippen molar-refractivity contribution in [3.8, 4) is 0 Å². The molecule has 2 unspecified atom stereocenters. The normalized spacial score (nSPS) is 19.2. The standard InChI is InChI=1S/C7H13BrClF5S.C7H14ClF5O3S2/c8-5-3-1-2-4-7(9)6-15(10,11,12,13)14;8-7(6-18(9,10,11,12)13)4-2-1-3-5-17(14,15)16/h7H,1-6H2;7H,1-6H2,(H,14,15,16). The molecule has 0 heterocycles. The fourth-order valence-corrected chi connectivity index (χ4v) is 6.72. The van der Waals surface area contributed by atoms with Crippen LogP contribution in [-0.4, -0.2) is 46.3 Å². The lowest BCUT2D eigenvalue weighted by Gasteiger charge is -2.41. The molecule has 0 bridgehead atoms. The number of rotatable bonds is 15. The molecule has 19 heteroatoms. The van der Waals surface area contributed by atoms with Gasteiger partial charge in [0.25, 0.3) is 30.6 Å². The van der Waals surface area contributed by atoms with Crippen molar-refractivity contribution in [3.05, 3.63) is 0 Å². The topological polar surface area (TPSA) is 54.4 Å². The van der Waals surface area contributed by atoms with Crippen LogP contribution < -0.4 is 0 Å². The molecule has 0 aliphatic heterocycles. The van der Waals surface area contributed by atoms with Gasteiger partial charge in [0.05, 0.1) is 16.5 Å². The van der Waals surface area contributed by atoms with Gasteiger partial charge in [-0.1, -0.05) is 80.5 Å². The van der Waals surface area contributed by atoms with Gasteiger partial charge in [0.15, 0.2) is 0 Å². The third-order valence-electron chi connectivity index (χ3n) is 3.56. The Labute approximate surface area is 205 Å². The molecule has 0 radical (unpaired) electrons. The highest BCUT2D eigenvalue weighted by Gasteiger charge is 2.64. The molecular weight excluding hydrogens is 653 g/mol. The van der Waals surface area contributed by atoms with Crippen molar-refractivity contribution in [2.24, 2.45) is 0 Å². The summed E-state index contributed by atoms with van der Waals surface area (Å²) in [5, 5.41) is -2.49. The van der Waals surface area contributed by atoms with Gasteiger partial charge < -0.3 is 0 Å². The third-order valence-corrected chi connectivity index (χ3v) is 8.10. The molecule has 0 saturated heterocycles. The van der Waals surface area contributed by atoms with E-state index in [2.05, 4.69) is 15.9 Å². The Kier molecular flexibility index (Phi) is 12.2. The van der Waals surface area contributed by atoms with Crippen LogP contribution in [-0.2, 0) is 10.1 Å². The Balaban J connectivity index is 0. The first-order chi connectivity index (χ1) is 14.0. The fraction of sp³-hybridized carbons (Fsp3) is 1.00. The van der Waals surface area contributed by atoms with Crippen LogP contribution in [0.3, 0.4) is 0 Å². The molecule has 0 saturated carbocycles. The molecule has 0 aromatic heterocycles. The molecule has 2 atom stereocenters. The van der Waals surface area contributed by atoms with Crippen LogP contribution in [0.2, 0.25) is 0 Å². The number of hydrogen-bond donors (Lipinski definition) is 1. The summed E-state index contributed by atoms with van der Waals surface area (Å²) >= 11 is 13.6. The van der Waals surface area contributed by atoms with E-state index >= 15 is 0 Å². The molecule has 0 fully saturated rings. The second-order valence-electron chi connectivity index (χ2n) is 7.46. The van der Waals surface area contributed by atoms with Crippen molar-refractivity contribution < 1.29 is 51.8 Å². The summed E-state index contributed by atoms with van der Waals surface area (Å²) in [4.78, 5) is 0. The van der Waals surface area contributed by atoms with E-state index in [9.17, 15) is 47.3 Å². The summed E-state index contributed by atoms with van der Waals surface area (Å²) in [6.45, 7) is 0. The number of halogens is 13. The molecular formula is C14H27BrCl2F10O3S3. The van der Waals surface area contributed by atoms with Gasteiger partial charge in [-0.05, 0) is 25.7 Å². The number of alkyl halides is 3. The summed E-state index contributed by atoms with van der Waals surface area (Å²) in [5.41, 5.74) is 0. The lowest BCUT2D eigenvalue weighted by Crippen LogP contribution is -2.20. The van der Waals surface area contributed by atoms with Gasteiger partial charge in [-0.3, -0.25) is 4.55 Å². The maximum Gasteiger partial charge on any atom is 0.287 e. The first-order valence-corrected chi connectivity index (χ1v) is 17.1. The minimum absolute atomic E-state index is 0.0276. The largest absolute Gasteiger partial charge is 0.287 e. The monoisotopic (exact) mass is 678 g/mol. The highest BCUT2D eigenvalue weighted by atomic mass is 79.9. The van der Waals surface area contributed by atoms with E-state index in [1.165, 1.54) is 0 Å². The van der Waals surface area contributed by atoms with Gasteiger partial charge in [-0.15, -0.1) is 23.2 Å². The van der Waals surface area contributed by atoms with E-state index in [-0.39, 0.29) is 32.1 Å². The lowest BCUT2D eigenvalue weighted by molar-refractivity contribution is 0.357. The first kappa shape index (κ1) is 36.1. The van der Waals surface area contributed by atoms with Crippen LogP contribution in [0.15, 0.2) is 0 Å². The molecule has 3 nitrogen and oxygen atoms in total. The quantitative estimate of drug-likeness (QED) is 0.0811. The van der Waals surface area contributed by atoms with E-state index in [4.69, 9.17) is 27.8 Å². The molecule has 0 amide bonds. The molecule has 0 aliphatic carbocycles. The molecule has 210 valence electrons. The van der Waals surface area contributed by atoms with Crippen LogP contribution in [0.4, 0.5) is 38.9 Å². The van der Waals surface area contributed by atoms with E-state index < -0.39 is 58.6 Å². The van der Waals surface area contributed by atoms with Crippen molar-refractivity contribution in [1.29, 1.82) is 0 Å². The van der Waals surface area contributed by atoms with Gasteiger partial charge in [0.2, 0.25) is 0 Å². The van der Waals surface area contributed by atoms with Crippen molar-refractivity contribution in [2.75, 3.05) is 22.6 Å².